The zero-order valence-electron chi connectivity index (χ0n) is 11.8. The molecule has 0 atom stereocenters. The summed E-state index contributed by atoms with van der Waals surface area (Å²) in [6.07, 6.45) is 2.39. The molecule has 1 aromatic rings. The van der Waals surface area contributed by atoms with Crippen LogP contribution in [-0.4, -0.2) is 40.6 Å². The molecule has 0 aromatic heterocycles. The van der Waals surface area contributed by atoms with Crippen LogP contribution in [0.5, 0.6) is 11.5 Å². The first-order chi connectivity index (χ1) is 9.96. The number of carbonyl (C=O) groups is 2. The van der Waals surface area contributed by atoms with Crippen molar-refractivity contribution in [1.82, 2.24) is 0 Å². The number of phenols is 2. The standard InChI is InChI=1S/C15H18O5S/c1-20-14(19)7-15(4-5-15)9-21-8-13(18)10-2-3-11(16)12(17)6-10/h2-3,6,16-17H,4-5,7-9H2,1H3. The number of phenolic OH excluding ortho intramolecular Hbond substituents is 2. The first kappa shape index (κ1) is 15.7. The maximum Gasteiger partial charge on any atom is 0.306 e. The Balaban J connectivity index is 1.82. The summed E-state index contributed by atoms with van der Waals surface area (Å²) in [5, 5.41) is 18.6. The van der Waals surface area contributed by atoms with Crippen LogP contribution in [0, 0.1) is 5.41 Å². The monoisotopic (exact) mass is 310 g/mol. The molecule has 0 radical (unpaired) electrons. The number of ether oxygens (including phenoxy) is 1. The molecule has 1 saturated carbocycles. The lowest BCUT2D eigenvalue weighted by molar-refractivity contribution is -0.141. The van der Waals surface area contributed by atoms with Crippen molar-refractivity contribution < 1.29 is 24.5 Å². The van der Waals surface area contributed by atoms with Gasteiger partial charge in [0, 0.05) is 5.56 Å². The summed E-state index contributed by atoms with van der Waals surface area (Å²) in [4.78, 5) is 23.3. The highest BCUT2D eigenvalue weighted by molar-refractivity contribution is 8.00. The molecule has 0 unspecified atom stereocenters. The maximum atomic E-state index is 12.0. The number of Topliss-reactive ketones (excluding diaryl/α,β-unsaturated/α-hetero) is 1. The molecule has 1 aromatic carbocycles. The molecule has 0 bridgehead atoms. The highest BCUT2D eigenvalue weighted by atomic mass is 32.2. The summed E-state index contributed by atoms with van der Waals surface area (Å²) >= 11 is 1.49. The van der Waals surface area contributed by atoms with E-state index in [1.807, 2.05) is 0 Å². The lowest BCUT2D eigenvalue weighted by Gasteiger charge is -2.12. The molecule has 21 heavy (non-hydrogen) atoms. The third-order valence-corrected chi connectivity index (χ3v) is 4.93. The van der Waals surface area contributed by atoms with Gasteiger partial charge < -0.3 is 14.9 Å². The van der Waals surface area contributed by atoms with Crippen LogP contribution in [0.4, 0.5) is 0 Å². The van der Waals surface area contributed by atoms with Crippen LogP contribution in [-0.2, 0) is 9.53 Å². The molecule has 0 aliphatic heterocycles. The van der Waals surface area contributed by atoms with E-state index >= 15 is 0 Å². The zero-order valence-corrected chi connectivity index (χ0v) is 12.6. The van der Waals surface area contributed by atoms with Crippen molar-refractivity contribution in [1.29, 1.82) is 0 Å². The van der Waals surface area contributed by atoms with Gasteiger partial charge >= 0.3 is 5.97 Å². The normalized spacial score (nSPS) is 15.5. The lowest BCUT2D eigenvalue weighted by Crippen LogP contribution is -2.14. The molecule has 1 aliphatic rings. The fourth-order valence-corrected chi connectivity index (χ4v) is 3.35. The zero-order chi connectivity index (χ0) is 15.5. The highest BCUT2D eigenvalue weighted by Crippen LogP contribution is 2.51. The average molecular weight is 310 g/mol. The predicted molar refractivity (Wildman–Crippen MR) is 79.7 cm³/mol. The third kappa shape index (κ3) is 4.14. The molecule has 0 saturated heterocycles. The van der Waals surface area contributed by atoms with E-state index in [0.29, 0.717) is 12.0 Å². The van der Waals surface area contributed by atoms with Crippen molar-refractivity contribution >= 4 is 23.5 Å². The number of aromatic hydroxyl groups is 2. The fourth-order valence-electron chi connectivity index (χ4n) is 2.07. The van der Waals surface area contributed by atoms with Crippen molar-refractivity contribution in [3.05, 3.63) is 23.8 Å². The number of ketones is 1. The Morgan fingerprint density at radius 3 is 2.57 bits per heavy atom. The molecule has 0 heterocycles. The molecule has 5 nitrogen and oxygen atoms in total. The molecule has 6 heteroatoms. The molecule has 1 fully saturated rings. The van der Waals surface area contributed by atoms with Gasteiger partial charge in [0.15, 0.2) is 17.3 Å². The molecular weight excluding hydrogens is 292 g/mol. The van der Waals surface area contributed by atoms with E-state index in [4.69, 9.17) is 0 Å². The largest absolute Gasteiger partial charge is 0.504 e. The van der Waals surface area contributed by atoms with Gasteiger partial charge in [0.05, 0.1) is 19.3 Å². The molecule has 1 aliphatic carbocycles. The van der Waals surface area contributed by atoms with E-state index in [9.17, 15) is 19.8 Å². The first-order valence-corrected chi connectivity index (χ1v) is 7.81. The van der Waals surface area contributed by atoms with Crippen LogP contribution in [0.3, 0.4) is 0 Å². The number of thioether (sulfide) groups is 1. The lowest BCUT2D eigenvalue weighted by atomic mass is 10.1. The van der Waals surface area contributed by atoms with Gasteiger partial charge in [-0.1, -0.05) is 0 Å². The van der Waals surface area contributed by atoms with E-state index in [0.717, 1.165) is 18.6 Å². The number of esters is 1. The number of hydrogen-bond donors (Lipinski definition) is 2. The van der Waals surface area contributed by atoms with Crippen LogP contribution in [0.25, 0.3) is 0 Å². The third-order valence-electron chi connectivity index (χ3n) is 3.64. The minimum atomic E-state index is -0.296. The Kier molecular flexibility index (Phi) is 4.77. The summed E-state index contributed by atoms with van der Waals surface area (Å²) in [5.74, 6) is 0.182. The predicted octanol–water partition coefficient (Wildman–Crippen LogP) is 2.36. The van der Waals surface area contributed by atoms with E-state index < -0.39 is 0 Å². The topological polar surface area (TPSA) is 83.8 Å². The molecule has 2 rings (SSSR count). The molecule has 0 spiro atoms. The van der Waals surface area contributed by atoms with Crippen LogP contribution >= 0.6 is 11.8 Å². The van der Waals surface area contributed by atoms with Crippen LogP contribution in [0.2, 0.25) is 0 Å². The van der Waals surface area contributed by atoms with E-state index in [-0.39, 0.29) is 34.4 Å². The van der Waals surface area contributed by atoms with Crippen LogP contribution in [0.1, 0.15) is 29.6 Å². The summed E-state index contributed by atoms with van der Waals surface area (Å²) < 4.78 is 4.68. The number of carbonyl (C=O) groups excluding carboxylic acids is 2. The van der Waals surface area contributed by atoms with Crippen molar-refractivity contribution in [2.75, 3.05) is 18.6 Å². The van der Waals surface area contributed by atoms with Gasteiger partial charge in [-0.3, -0.25) is 9.59 Å². The molecule has 2 N–H and O–H groups in total. The molecule has 114 valence electrons. The Morgan fingerprint density at radius 2 is 2.00 bits per heavy atom. The Labute approximate surface area is 127 Å². The second-order valence-corrected chi connectivity index (χ2v) is 6.36. The highest BCUT2D eigenvalue weighted by Gasteiger charge is 2.44. The van der Waals surface area contributed by atoms with E-state index in [1.54, 1.807) is 0 Å². The summed E-state index contributed by atoms with van der Waals surface area (Å²) in [6, 6.07) is 4.05. The molecular formula is C15H18O5S. The number of benzene rings is 1. The average Bonchev–Trinajstić information content (AvgIpc) is 3.21. The Bertz CT molecular complexity index is 551. The quantitative estimate of drug-likeness (QED) is 0.457. The smallest absolute Gasteiger partial charge is 0.306 e. The second-order valence-electron chi connectivity index (χ2n) is 5.37. The minimum absolute atomic E-state index is 0.00483. The van der Waals surface area contributed by atoms with Gasteiger partial charge in [0.1, 0.15) is 0 Å². The summed E-state index contributed by atoms with van der Waals surface area (Å²) in [6.45, 7) is 0. The van der Waals surface area contributed by atoms with Crippen molar-refractivity contribution in [2.45, 2.75) is 19.3 Å². The van der Waals surface area contributed by atoms with E-state index in [2.05, 4.69) is 4.74 Å². The van der Waals surface area contributed by atoms with Crippen LogP contribution < -0.4 is 0 Å². The first-order valence-electron chi connectivity index (χ1n) is 6.65. The minimum Gasteiger partial charge on any atom is -0.504 e. The van der Waals surface area contributed by atoms with Gasteiger partial charge in [-0.15, -0.1) is 0 Å². The molecule has 0 amide bonds. The number of rotatable bonds is 7. The van der Waals surface area contributed by atoms with Crippen LogP contribution in [0.15, 0.2) is 18.2 Å². The van der Waals surface area contributed by atoms with E-state index in [1.165, 1.54) is 37.1 Å². The van der Waals surface area contributed by atoms with Gasteiger partial charge in [-0.05, 0) is 42.2 Å². The maximum absolute atomic E-state index is 12.0. The van der Waals surface area contributed by atoms with Gasteiger partial charge in [-0.25, -0.2) is 0 Å². The van der Waals surface area contributed by atoms with Gasteiger partial charge in [-0.2, -0.15) is 11.8 Å². The van der Waals surface area contributed by atoms with Crippen molar-refractivity contribution in [3.8, 4) is 11.5 Å². The summed E-state index contributed by atoms with van der Waals surface area (Å²) in [5.41, 5.74) is 0.366. The Morgan fingerprint density at radius 1 is 1.29 bits per heavy atom. The van der Waals surface area contributed by atoms with Gasteiger partial charge in [0.2, 0.25) is 0 Å². The fraction of sp³-hybridized carbons (Fsp3) is 0.467. The summed E-state index contributed by atoms with van der Waals surface area (Å²) in [7, 11) is 1.38. The Hall–Kier alpha value is -1.69. The van der Waals surface area contributed by atoms with Gasteiger partial charge in [0.25, 0.3) is 0 Å². The second kappa shape index (κ2) is 6.39. The van der Waals surface area contributed by atoms with Crippen molar-refractivity contribution in [3.63, 3.8) is 0 Å². The number of hydrogen-bond acceptors (Lipinski definition) is 6. The number of methoxy groups -OCH3 is 1. The van der Waals surface area contributed by atoms with Crippen molar-refractivity contribution in [2.24, 2.45) is 5.41 Å². The SMILES string of the molecule is COC(=O)CC1(CSCC(=O)c2ccc(O)c(O)c2)CC1.